The SMILES string of the molecule is CC(=O)NC1CCC(CCC(=O)/C(N)=C2\CC(F)(F)CCC2=NC[C@H]2C[C@H](Oc3ccc(Cl)cn3)CCO2)CC1. The number of nitrogens with one attached hydrogen (secondary N) is 1. The number of alkyl halides is 2. The first kappa shape index (κ1) is 30.4. The van der Waals surface area contributed by atoms with Crippen molar-refractivity contribution in [3.8, 4) is 5.88 Å². The molecule has 40 heavy (non-hydrogen) atoms. The number of hydrogen-bond donors (Lipinski definition) is 2. The fourth-order valence-corrected chi connectivity index (χ4v) is 5.85. The first-order valence-electron chi connectivity index (χ1n) is 14.2. The zero-order valence-electron chi connectivity index (χ0n) is 23.0. The Hall–Kier alpha value is -2.59. The second kappa shape index (κ2) is 13.9. The van der Waals surface area contributed by atoms with Gasteiger partial charge < -0.3 is 20.5 Å². The zero-order valence-corrected chi connectivity index (χ0v) is 23.7. The van der Waals surface area contributed by atoms with Crippen molar-refractivity contribution in [1.82, 2.24) is 10.3 Å². The molecule has 0 bridgehead atoms. The minimum absolute atomic E-state index is 0.0294. The molecule has 1 amide bonds. The molecule has 0 spiro atoms. The van der Waals surface area contributed by atoms with E-state index in [1.54, 1.807) is 12.1 Å². The number of amides is 1. The van der Waals surface area contributed by atoms with Crippen molar-refractivity contribution in [2.24, 2.45) is 16.6 Å². The average Bonchev–Trinajstić information content (AvgIpc) is 2.92. The lowest BCUT2D eigenvalue weighted by Crippen LogP contribution is -2.36. The molecule has 220 valence electrons. The van der Waals surface area contributed by atoms with Gasteiger partial charge in [0, 0.05) is 68.6 Å². The number of aromatic nitrogens is 1. The first-order valence-corrected chi connectivity index (χ1v) is 14.6. The number of carbonyl (C=O) groups is 2. The summed E-state index contributed by atoms with van der Waals surface area (Å²) < 4.78 is 40.6. The number of ether oxygens (including phenoxy) is 2. The van der Waals surface area contributed by atoms with Gasteiger partial charge in [-0.25, -0.2) is 13.8 Å². The van der Waals surface area contributed by atoms with Gasteiger partial charge in [-0.3, -0.25) is 14.6 Å². The Labute approximate surface area is 239 Å². The van der Waals surface area contributed by atoms with Crippen molar-refractivity contribution in [1.29, 1.82) is 0 Å². The van der Waals surface area contributed by atoms with Crippen molar-refractivity contribution >= 4 is 29.0 Å². The maximum Gasteiger partial charge on any atom is 0.252 e. The Bertz CT molecular complexity index is 1100. The molecule has 0 aromatic carbocycles. The highest BCUT2D eigenvalue weighted by molar-refractivity contribution is 6.30. The number of nitrogens with two attached hydrogens (primary N) is 1. The van der Waals surface area contributed by atoms with Crippen LogP contribution >= 0.6 is 11.6 Å². The predicted molar refractivity (Wildman–Crippen MR) is 149 cm³/mol. The Kier molecular flexibility index (Phi) is 10.5. The minimum atomic E-state index is -2.92. The van der Waals surface area contributed by atoms with Crippen LogP contribution in [0.15, 0.2) is 34.6 Å². The summed E-state index contributed by atoms with van der Waals surface area (Å²) in [6.07, 6.45) is 6.06. The van der Waals surface area contributed by atoms with E-state index in [1.165, 1.54) is 13.1 Å². The fraction of sp³-hybridized carbons (Fsp3) is 0.655. The quantitative estimate of drug-likeness (QED) is 0.389. The lowest BCUT2D eigenvalue weighted by atomic mass is 9.82. The highest BCUT2D eigenvalue weighted by Crippen LogP contribution is 2.37. The van der Waals surface area contributed by atoms with E-state index in [4.69, 9.17) is 26.8 Å². The number of rotatable bonds is 9. The maximum atomic E-state index is 14.4. The highest BCUT2D eigenvalue weighted by atomic mass is 35.5. The molecule has 1 aromatic rings. The molecule has 0 radical (unpaired) electrons. The largest absolute Gasteiger partial charge is 0.474 e. The molecule has 3 N–H and O–H groups in total. The molecule has 3 fully saturated rings. The van der Waals surface area contributed by atoms with Crippen molar-refractivity contribution in [2.75, 3.05) is 13.2 Å². The van der Waals surface area contributed by atoms with Gasteiger partial charge in [0.15, 0.2) is 5.78 Å². The monoisotopic (exact) mass is 580 g/mol. The van der Waals surface area contributed by atoms with Crippen LogP contribution in [-0.4, -0.2) is 59.7 Å². The summed E-state index contributed by atoms with van der Waals surface area (Å²) in [5.41, 5.74) is 6.77. The maximum absolute atomic E-state index is 14.4. The number of carbonyl (C=O) groups excluding carboxylic acids is 2. The average molecular weight is 581 g/mol. The molecule has 2 saturated carbocycles. The van der Waals surface area contributed by atoms with Crippen molar-refractivity contribution in [3.63, 3.8) is 0 Å². The Morgan fingerprint density at radius 3 is 2.73 bits per heavy atom. The molecule has 2 aliphatic carbocycles. The number of Topliss-reactive ketones (excluding diaryl/α,β-unsaturated/α-hetero) is 1. The summed E-state index contributed by atoms with van der Waals surface area (Å²) in [6.45, 7) is 2.28. The van der Waals surface area contributed by atoms with Crippen LogP contribution in [0.2, 0.25) is 5.02 Å². The fourth-order valence-electron chi connectivity index (χ4n) is 5.74. The van der Waals surface area contributed by atoms with E-state index in [0.717, 1.165) is 25.7 Å². The molecule has 8 nitrogen and oxygen atoms in total. The summed E-state index contributed by atoms with van der Waals surface area (Å²) in [6, 6.07) is 3.61. The molecular weight excluding hydrogens is 542 g/mol. The van der Waals surface area contributed by atoms with E-state index in [0.29, 0.717) is 48.4 Å². The minimum Gasteiger partial charge on any atom is -0.474 e. The van der Waals surface area contributed by atoms with Crippen LogP contribution in [0.25, 0.3) is 0 Å². The number of aliphatic imine (C=N–C) groups is 1. The number of halogens is 3. The van der Waals surface area contributed by atoms with Crippen molar-refractivity contribution < 1.29 is 27.8 Å². The standard InChI is InChI=1S/C29H39ClF2N4O4/c1-18(37)36-21-6-2-19(3-7-21)4-8-26(38)28(33)24-15-29(31,32)12-10-25(24)34-17-23-14-22(11-13-39-23)40-27-9-5-20(30)16-35-27/h5,9,16,19,21-23H,2-4,6-8,10-15,17,33H2,1H3,(H,36,37)/b28-24-,34-25?/t19?,21?,22-,23-/m1/s1. The molecule has 3 aliphatic rings. The summed E-state index contributed by atoms with van der Waals surface area (Å²) >= 11 is 5.89. The van der Waals surface area contributed by atoms with Crippen LogP contribution in [0.5, 0.6) is 5.88 Å². The number of hydrogen-bond acceptors (Lipinski definition) is 7. The third kappa shape index (κ3) is 8.96. The highest BCUT2D eigenvalue weighted by Gasteiger charge is 2.38. The van der Waals surface area contributed by atoms with Crippen molar-refractivity contribution in [2.45, 2.75) is 102 Å². The predicted octanol–water partition coefficient (Wildman–Crippen LogP) is 5.18. The van der Waals surface area contributed by atoms with Gasteiger partial charge >= 0.3 is 0 Å². The van der Waals surface area contributed by atoms with Crippen LogP contribution in [0.4, 0.5) is 8.78 Å². The lowest BCUT2D eigenvalue weighted by Gasteiger charge is -2.30. The van der Waals surface area contributed by atoms with Crippen LogP contribution in [0.1, 0.15) is 77.6 Å². The Morgan fingerprint density at radius 1 is 1.25 bits per heavy atom. The number of ketones is 1. The molecule has 1 aromatic heterocycles. The molecule has 1 saturated heterocycles. The van der Waals surface area contributed by atoms with Crippen LogP contribution in [-0.2, 0) is 14.3 Å². The van der Waals surface area contributed by atoms with Gasteiger partial charge in [-0.1, -0.05) is 11.6 Å². The van der Waals surface area contributed by atoms with Crippen LogP contribution in [0, 0.1) is 5.92 Å². The van der Waals surface area contributed by atoms with Crippen LogP contribution < -0.4 is 15.8 Å². The van der Waals surface area contributed by atoms with E-state index in [2.05, 4.69) is 15.3 Å². The summed E-state index contributed by atoms with van der Waals surface area (Å²) in [5.74, 6) is -2.42. The van der Waals surface area contributed by atoms with Gasteiger partial charge in [0.1, 0.15) is 6.10 Å². The number of nitrogens with zero attached hydrogens (tertiary/aromatic N) is 2. The van der Waals surface area contributed by atoms with E-state index < -0.39 is 12.3 Å². The molecule has 0 unspecified atom stereocenters. The topological polar surface area (TPSA) is 116 Å². The summed E-state index contributed by atoms with van der Waals surface area (Å²) in [4.78, 5) is 33.1. The third-order valence-electron chi connectivity index (χ3n) is 7.96. The van der Waals surface area contributed by atoms with Gasteiger partial charge in [0.25, 0.3) is 5.92 Å². The van der Waals surface area contributed by atoms with Gasteiger partial charge in [0.2, 0.25) is 11.8 Å². The van der Waals surface area contributed by atoms with E-state index in [-0.39, 0.29) is 67.0 Å². The first-order chi connectivity index (χ1) is 19.1. The van der Waals surface area contributed by atoms with Gasteiger partial charge in [-0.05, 0) is 50.5 Å². The second-order valence-corrected chi connectivity index (χ2v) is 11.6. The zero-order chi connectivity index (χ0) is 28.7. The van der Waals surface area contributed by atoms with E-state index >= 15 is 0 Å². The Balaban J connectivity index is 1.34. The number of pyridine rings is 1. The van der Waals surface area contributed by atoms with E-state index in [1.807, 2.05) is 0 Å². The molecular formula is C29H39ClF2N4O4. The second-order valence-electron chi connectivity index (χ2n) is 11.2. The summed E-state index contributed by atoms with van der Waals surface area (Å²) in [5, 5.41) is 3.48. The molecule has 4 rings (SSSR count). The van der Waals surface area contributed by atoms with E-state index in [9.17, 15) is 18.4 Å². The lowest BCUT2D eigenvalue weighted by molar-refractivity contribution is -0.120. The van der Waals surface area contributed by atoms with Crippen molar-refractivity contribution in [3.05, 3.63) is 34.6 Å². The third-order valence-corrected chi connectivity index (χ3v) is 8.19. The molecule has 2 atom stereocenters. The summed E-state index contributed by atoms with van der Waals surface area (Å²) in [7, 11) is 0. The van der Waals surface area contributed by atoms with Gasteiger partial charge in [-0.2, -0.15) is 0 Å². The smallest absolute Gasteiger partial charge is 0.252 e. The van der Waals surface area contributed by atoms with Gasteiger partial charge in [-0.15, -0.1) is 0 Å². The molecule has 2 heterocycles. The normalized spacial score (nSPS) is 29.1. The molecule has 1 aliphatic heterocycles. The number of allylic oxidation sites excluding steroid dienone is 2. The molecule has 11 heteroatoms. The Morgan fingerprint density at radius 2 is 2.02 bits per heavy atom. The van der Waals surface area contributed by atoms with Gasteiger partial charge in [0.05, 0.1) is 30.0 Å². The van der Waals surface area contributed by atoms with Crippen LogP contribution in [0.3, 0.4) is 0 Å².